The summed E-state index contributed by atoms with van der Waals surface area (Å²) in [7, 11) is 0. The van der Waals surface area contributed by atoms with Gasteiger partial charge in [-0.15, -0.1) is 0 Å². The van der Waals surface area contributed by atoms with Gasteiger partial charge in [-0.05, 0) is 146 Å². The Morgan fingerprint density at radius 3 is 2.27 bits per heavy atom. The van der Waals surface area contributed by atoms with Crippen LogP contribution in [0.5, 0.6) is 0 Å². The highest BCUT2D eigenvalue weighted by atomic mass is 19.3. The minimum absolute atomic E-state index is 0.0473. The molecule has 6 nitrogen and oxygen atoms in total. The van der Waals surface area contributed by atoms with Gasteiger partial charge in [0.05, 0.1) is 12.2 Å². The number of ether oxygens (including phenoxy) is 6. The van der Waals surface area contributed by atoms with Gasteiger partial charge < -0.3 is 28.4 Å². The Morgan fingerprint density at radius 2 is 1.61 bits per heavy atom. The van der Waals surface area contributed by atoms with Crippen molar-refractivity contribution in [1.82, 2.24) is 0 Å². The van der Waals surface area contributed by atoms with Gasteiger partial charge in [0.1, 0.15) is 5.60 Å². The molecule has 2 saturated heterocycles. The lowest BCUT2D eigenvalue weighted by Crippen LogP contribution is -2.57. The first-order valence-electron chi connectivity index (χ1n) is 20.2. The van der Waals surface area contributed by atoms with Crippen molar-refractivity contribution < 1.29 is 37.2 Å². The molecule has 6 rings (SSSR count). The van der Waals surface area contributed by atoms with E-state index >= 15 is 8.78 Å². The third kappa shape index (κ3) is 7.72. The zero-order valence-electron chi connectivity index (χ0n) is 31.8. The fraction of sp³-hybridized carbons (Fsp3) is 0.951. The van der Waals surface area contributed by atoms with Gasteiger partial charge in [0.25, 0.3) is 5.92 Å². The van der Waals surface area contributed by atoms with Crippen molar-refractivity contribution in [2.75, 3.05) is 19.8 Å². The maximum atomic E-state index is 15.6. The number of fused-ring (bicyclic) bond motifs is 5. The molecule has 3 unspecified atom stereocenters. The van der Waals surface area contributed by atoms with Crippen LogP contribution in [0.15, 0.2) is 11.6 Å². The molecule has 0 aromatic rings. The summed E-state index contributed by atoms with van der Waals surface area (Å²) < 4.78 is 68.3. The van der Waals surface area contributed by atoms with E-state index in [0.29, 0.717) is 36.7 Å². The molecule has 0 N–H and O–H groups in total. The van der Waals surface area contributed by atoms with E-state index in [1.54, 1.807) is 6.92 Å². The summed E-state index contributed by atoms with van der Waals surface area (Å²) in [6.07, 6.45) is 16.3. The highest BCUT2D eigenvalue weighted by molar-refractivity contribution is 5.28. The van der Waals surface area contributed by atoms with Gasteiger partial charge in [-0.2, -0.15) is 0 Å². The molecule has 8 heteroatoms. The number of hydrogen-bond donors (Lipinski definition) is 0. The van der Waals surface area contributed by atoms with Gasteiger partial charge in [-0.25, -0.2) is 8.78 Å². The van der Waals surface area contributed by atoms with Gasteiger partial charge in [0.2, 0.25) is 0 Å². The molecule has 3 saturated carbocycles. The third-order valence-electron chi connectivity index (χ3n) is 14.5. The number of rotatable bonds is 13. The Bertz CT molecular complexity index is 1120. The molecule has 2 heterocycles. The minimum atomic E-state index is -2.94. The Hall–Kier alpha value is -0.640. The fourth-order valence-electron chi connectivity index (χ4n) is 11.6. The van der Waals surface area contributed by atoms with E-state index in [9.17, 15) is 0 Å². The van der Waals surface area contributed by atoms with Gasteiger partial charge in [0.15, 0.2) is 18.9 Å². The zero-order valence-corrected chi connectivity index (χ0v) is 31.8. The largest absolute Gasteiger partial charge is 0.353 e. The van der Waals surface area contributed by atoms with Crippen molar-refractivity contribution in [1.29, 1.82) is 0 Å². The lowest BCUT2D eigenvalue weighted by molar-refractivity contribution is -0.264. The van der Waals surface area contributed by atoms with Crippen LogP contribution in [-0.2, 0) is 28.4 Å². The fourth-order valence-corrected chi connectivity index (χ4v) is 11.6. The van der Waals surface area contributed by atoms with Crippen LogP contribution >= 0.6 is 0 Å². The van der Waals surface area contributed by atoms with Gasteiger partial charge in [-0.1, -0.05) is 32.4 Å². The summed E-state index contributed by atoms with van der Waals surface area (Å²) in [5, 5.41) is 0. The third-order valence-corrected chi connectivity index (χ3v) is 14.5. The summed E-state index contributed by atoms with van der Waals surface area (Å²) in [5.74, 6) is -0.494. The average molecular weight is 695 g/mol. The van der Waals surface area contributed by atoms with Crippen LogP contribution < -0.4 is 0 Å². The van der Waals surface area contributed by atoms with Crippen LogP contribution in [0.25, 0.3) is 0 Å². The predicted octanol–water partition coefficient (Wildman–Crippen LogP) is 10.2. The van der Waals surface area contributed by atoms with E-state index in [0.717, 1.165) is 77.4 Å². The smallest absolute Gasteiger partial charge is 0.276 e. The quantitative estimate of drug-likeness (QED) is 0.141. The van der Waals surface area contributed by atoms with Crippen molar-refractivity contribution in [2.45, 2.75) is 187 Å². The topological polar surface area (TPSA) is 55.4 Å². The van der Waals surface area contributed by atoms with E-state index in [2.05, 4.69) is 26.8 Å². The number of allylic oxidation sites excluding steroid dienone is 1. The summed E-state index contributed by atoms with van der Waals surface area (Å²) in [6, 6.07) is 0. The maximum Gasteiger partial charge on any atom is 0.276 e. The zero-order chi connectivity index (χ0) is 35.0. The van der Waals surface area contributed by atoms with E-state index in [1.165, 1.54) is 38.7 Å². The second kappa shape index (κ2) is 15.4. The molecule has 0 radical (unpaired) electrons. The van der Waals surface area contributed by atoms with E-state index in [4.69, 9.17) is 28.4 Å². The molecule has 49 heavy (non-hydrogen) atoms. The van der Waals surface area contributed by atoms with Crippen molar-refractivity contribution in [3.63, 3.8) is 0 Å². The van der Waals surface area contributed by atoms with Crippen molar-refractivity contribution in [3.8, 4) is 0 Å². The van der Waals surface area contributed by atoms with Gasteiger partial charge in [0, 0.05) is 38.1 Å². The first kappa shape index (κ1) is 38.1. The van der Waals surface area contributed by atoms with Crippen LogP contribution in [-0.4, -0.2) is 62.4 Å². The SMILES string of the molecule is CCOC(C)OC(C)(C)C(F)(F)CC[C@@H](C)[C@H]1CC[C@H]2[C@@H]3CC=C4C[C@@H](OC5CCCCO5)C[C@H](OC5CCCCO5)[C@]4(C)[C@H]3CC[C@]12C. The first-order valence-corrected chi connectivity index (χ1v) is 20.2. The van der Waals surface area contributed by atoms with Crippen molar-refractivity contribution >= 4 is 0 Å². The van der Waals surface area contributed by atoms with Gasteiger partial charge in [-0.3, -0.25) is 0 Å². The Balaban J connectivity index is 1.16. The average Bonchev–Trinajstić information content (AvgIpc) is 3.42. The molecule has 0 aromatic heterocycles. The summed E-state index contributed by atoms with van der Waals surface area (Å²) in [4.78, 5) is 0. The molecule has 12 atom stereocenters. The Kier molecular flexibility index (Phi) is 12.0. The molecule has 0 bridgehead atoms. The summed E-state index contributed by atoms with van der Waals surface area (Å²) >= 11 is 0. The molecular weight excluding hydrogens is 626 g/mol. The normalized spacial score (nSPS) is 41.3. The highest BCUT2D eigenvalue weighted by Crippen LogP contribution is 2.68. The van der Waals surface area contributed by atoms with Crippen molar-refractivity contribution in [2.24, 2.45) is 40.4 Å². The predicted molar refractivity (Wildman–Crippen MR) is 187 cm³/mol. The number of hydrogen-bond acceptors (Lipinski definition) is 6. The standard InChI is InChI=1S/C41H68F2O6/c1-8-44-28(3)49-38(4,5)41(42,43)22-19-27(2)32-17-18-33-31-16-15-29-25-30(47-36-13-9-11-23-45-36)26-35(48-37-14-10-12-24-46-37)40(29,7)34(31)20-21-39(32,33)6/h15,27-28,30-37H,8-14,16-26H2,1-7H3/t27-,28?,30-,31+,32-,33+,34+,35+,36?,37?,39-,40+/m1/s1. The Morgan fingerprint density at radius 1 is 0.918 bits per heavy atom. The molecule has 2 aliphatic heterocycles. The molecule has 6 aliphatic rings. The summed E-state index contributed by atoms with van der Waals surface area (Å²) in [5.41, 5.74) is 0.0690. The summed E-state index contributed by atoms with van der Waals surface area (Å²) in [6.45, 7) is 15.8. The van der Waals surface area contributed by atoms with Gasteiger partial charge >= 0.3 is 0 Å². The Labute approximate surface area is 296 Å². The molecule has 0 aromatic carbocycles. The number of alkyl halides is 2. The number of halogens is 2. The van der Waals surface area contributed by atoms with E-state index < -0.39 is 17.8 Å². The first-order chi connectivity index (χ1) is 23.3. The lowest BCUT2D eigenvalue weighted by Gasteiger charge is -2.60. The monoisotopic (exact) mass is 694 g/mol. The molecule has 0 amide bonds. The molecule has 5 fully saturated rings. The second-order valence-corrected chi connectivity index (χ2v) is 17.6. The van der Waals surface area contributed by atoms with Crippen LogP contribution in [0.3, 0.4) is 0 Å². The molecule has 4 aliphatic carbocycles. The molecule has 0 spiro atoms. The molecular formula is C41H68F2O6. The van der Waals surface area contributed by atoms with Crippen LogP contribution in [0.2, 0.25) is 0 Å². The second-order valence-electron chi connectivity index (χ2n) is 17.6. The van der Waals surface area contributed by atoms with Crippen LogP contribution in [0, 0.1) is 40.4 Å². The highest BCUT2D eigenvalue weighted by Gasteiger charge is 2.62. The lowest BCUT2D eigenvalue weighted by atomic mass is 9.46. The minimum Gasteiger partial charge on any atom is -0.353 e. The van der Waals surface area contributed by atoms with E-state index in [1.807, 2.05) is 6.92 Å². The molecule has 282 valence electrons. The maximum absolute atomic E-state index is 15.6. The van der Waals surface area contributed by atoms with Crippen LogP contribution in [0.1, 0.15) is 145 Å². The van der Waals surface area contributed by atoms with Crippen molar-refractivity contribution in [3.05, 3.63) is 11.6 Å². The van der Waals surface area contributed by atoms with Crippen LogP contribution in [0.4, 0.5) is 8.78 Å². The van der Waals surface area contributed by atoms with E-state index in [-0.39, 0.29) is 48.0 Å².